The van der Waals surface area contributed by atoms with E-state index >= 15 is 0 Å². The molecule has 0 radical (unpaired) electrons. The van der Waals surface area contributed by atoms with Gasteiger partial charge in [-0.05, 0) is 25.1 Å². The zero-order valence-corrected chi connectivity index (χ0v) is 10.1. The summed E-state index contributed by atoms with van der Waals surface area (Å²) in [5.41, 5.74) is 7.43. The number of nitrogens with zero attached hydrogens (tertiary/aromatic N) is 3. The zero-order chi connectivity index (χ0) is 13.0. The summed E-state index contributed by atoms with van der Waals surface area (Å²) in [5, 5.41) is 0. The summed E-state index contributed by atoms with van der Waals surface area (Å²) in [7, 11) is 0. The average molecular weight is 242 g/mol. The van der Waals surface area contributed by atoms with Gasteiger partial charge in [0.05, 0.1) is 5.56 Å². The van der Waals surface area contributed by atoms with Crippen LogP contribution in [0, 0.1) is 0 Å². The molecule has 0 aliphatic carbocycles. The number of rotatable bonds is 3. The number of nitrogens with two attached hydrogens (primary N) is 1. The number of aromatic nitrogens is 2. The monoisotopic (exact) mass is 242 g/mol. The lowest BCUT2D eigenvalue weighted by atomic mass is 10.2. The Labute approximate surface area is 105 Å². The van der Waals surface area contributed by atoms with Crippen molar-refractivity contribution in [3.05, 3.63) is 48.5 Å². The zero-order valence-electron chi connectivity index (χ0n) is 10.1. The summed E-state index contributed by atoms with van der Waals surface area (Å²) in [6, 6.07) is 5.19. The molecule has 0 bridgehead atoms. The van der Waals surface area contributed by atoms with E-state index in [1.54, 1.807) is 41.7 Å². The van der Waals surface area contributed by atoms with Crippen LogP contribution >= 0.6 is 0 Å². The van der Waals surface area contributed by atoms with Gasteiger partial charge < -0.3 is 10.6 Å². The van der Waals surface area contributed by atoms with Gasteiger partial charge in [0.2, 0.25) is 0 Å². The van der Waals surface area contributed by atoms with E-state index in [1.165, 1.54) is 6.20 Å². The largest absolute Gasteiger partial charge is 0.398 e. The van der Waals surface area contributed by atoms with Crippen molar-refractivity contribution < 1.29 is 4.79 Å². The van der Waals surface area contributed by atoms with Crippen molar-refractivity contribution in [3.8, 4) is 0 Å². The first kappa shape index (κ1) is 12.0. The molecule has 92 valence electrons. The number of carbonyl (C=O) groups excluding carboxylic acids is 1. The van der Waals surface area contributed by atoms with E-state index in [4.69, 9.17) is 5.73 Å². The maximum absolute atomic E-state index is 12.4. The van der Waals surface area contributed by atoms with E-state index in [2.05, 4.69) is 9.97 Å². The molecule has 2 N–H and O–H groups in total. The van der Waals surface area contributed by atoms with Crippen LogP contribution in [0.25, 0.3) is 0 Å². The normalized spacial score (nSPS) is 10.1. The second kappa shape index (κ2) is 5.27. The van der Waals surface area contributed by atoms with Crippen LogP contribution in [0.1, 0.15) is 17.3 Å². The van der Waals surface area contributed by atoms with Crippen LogP contribution in [0.3, 0.4) is 0 Å². The Morgan fingerprint density at radius 3 is 2.50 bits per heavy atom. The maximum atomic E-state index is 12.4. The number of hydrogen-bond donors (Lipinski definition) is 1. The third-order valence-corrected chi connectivity index (χ3v) is 2.62. The van der Waals surface area contributed by atoms with Crippen molar-refractivity contribution in [2.45, 2.75) is 6.92 Å². The van der Waals surface area contributed by atoms with E-state index in [0.29, 0.717) is 17.8 Å². The highest BCUT2D eigenvalue weighted by molar-refractivity contribution is 6.08. The van der Waals surface area contributed by atoms with Gasteiger partial charge >= 0.3 is 0 Å². The van der Waals surface area contributed by atoms with E-state index in [-0.39, 0.29) is 5.91 Å². The second-order valence-corrected chi connectivity index (χ2v) is 3.72. The molecule has 2 rings (SSSR count). The van der Waals surface area contributed by atoms with Crippen LogP contribution in [-0.4, -0.2) is 22.4 Å². The molecule has 0 atom stereocenters. The number of pyridine rings is 2. The van der Waals surface area contributed by atoms with Crippen LogP contribution in [0.4, 0.5) is 11.4 Å². The van der Waals surface area contributed by atoms with Crippen molar-refractivity contribution >= 4 is 17.3 Å². The van der Waals surface area contributed by atoms with Crippen molar-refractivity contribution in [2.24, 2.45) is 0 Å². The van der Waals surface area contributed by atoms with Crippen molar-refractivity contribution in [1.82, 2.24) is 9.97 Å². The minimum atomic E-state index is -0.158. The number of carbonyl (C=O) groups is 1. The third kappa shape index (κ3) is 2.29. The lowest BCUT2D eigenvalue weighted by Crippen LogP contribution is -2.31. The molecule has 0 aromatic carbocycles. The molecular weight excluding hydrogens is 228 g/mol. The minimum Gasteiger partial charge on any atom is -0.398 e. The second-order valence-electron chi connectivity index (χ2n) is 3.72. The summed E-state index contributed by atoms with van der Waals surface area (Å²) in [6.45, 7) is 2.46. The summed E-state index contributed by atoms with van der Waals surface area (Å²) < 4.78 is 0. The predicted molar refractivity (Wildman–Crippen MR) is 70.2 cm³/mol. The lowest BCUT2D eigenvalue weighted by molar-refractivity contribution is 0.0989. The van der Waals surface area contributed by atoms with Gasteiger partial charge in [-0.1, -0.05) is 0 Å². The summed E-state index contributed by atoms with van der Waals surface area (Å²) >= 11 is 0. The van der Waals surface area contributed by atoms with Gasteiger partial charge in [0.25, 0.3) is 5.91 Å². The van der Waals surface area contributed by atoms with E-state index < -0.39 is 0 Å². The first-order valence-electron chi connectivity index (χ1n) is 5.65. The van der Waals surface area contributed by atoms with Gasteiger partial charge in [-0.15, -0.1) is 0 Å². The minimum absolute atomic E-state index is 0.158. The molecule has 0 spiro atoms. The van der Waals surface area contributed by atoms with Crippen LogP contribution in [0.5, 0.6) is 0 Å². The fourth-order valence-electron chi connectivity index (χ4n) is 1.70. The highest BCUT2D eigenvalue weighted by Crippen LogP contribution is 2.18. The van der Waals surface area contributed by atoms with E-state index in [1.807, 2.05) is 6.92 Å². The SMILES string of the molecule is CCN(C(=O)c1cnccc1N)c1ccncc1. The standard InChI is InChI=1S/C13H14N4O/c1-2-17(10-3-6-15-7-4-10)13(18)11-9-16-8-5-12(11)14/h3-9H,2H2,1H3,(H2,14,16). The van der Waals surface area contributed by atoms with Gasteiger partial charge in [0.15, 0.2) is 0 Å². The molecular formula is C13H14N4O. The quantitative estimate of drug-likeness (QED) is 0.889. The van der Waals surface area contributed by atoms with Gasteiger partial charge in [0.1, 0.15) is 0 Å². The number of nitrogen functional groups attached to an aromatic ring is 1. The molecule has 2 aromatic heterocycles. The first-order chi connectivity index (χ1) is 8.74. The maximum Gasteiger partial charge on any atom is 0.261 e. The highest BCUT2D eigenvalue weighted by atomic mass is 16.2. The fourth-order valence-corrected chi connectivity index (χ4v) is 1.70. The topological polar surface area (TPSA) is 72.1 Å². The molecule has 1 amide bonds. The smallest absolute Gasteiger partial charge is 0.261 e. The first-order valence-corrected chi connectivity index (χ1v) is 5.65. The Morgan fingerprint density at radius 1 is 1.22 bits per heavy atom. The van der Waals surface area contributed by atoms with E-state index in [9.17, 15) is 4.79 Å². The Bertz CT molecular complexity index is 542. The molecule has 0 aliphatic rings. The Hall–Kier alpha value is -2.43. The molecule has 0 unspecified atom stereocenters. The average Bonchev–Trinajstić information content (AvgIpc) is 2.41. The summed E-state index contributed by atoms with van der Waals surface area (Å²) in [5.74, 6) is -0.158. The predicted octanol–water partition coefficient (Wildman–Crippen LogP) is 1.73. The van der Waals surface area contributed by atoms with Crippen LogP contribution in [0.15, 0.2) is 43.0 Å². The number of hydrogen-bond acceptors (Lipinski definition) is 4. The van der Waals surface area contributed by atoms with Gasteiger partial charge in [-0.3, -0.25) is 14.8 Å². The van der Waals surface area contributed by atoms with Crippen molar-refractivity contribution in [3.63, 3.8) is 0 Å². The van der Waals surface area contributed by atoms with Crippen LogP contribution in [-0.2, 0) is 0 Å². The summed E-state index contributed by atoms with van der Waals surface area (Å²) in [4.78, 5) is 21.9. The van der Waals surface area contributed by atoms with Crippen LogP contribution < -0.4 is 10.6 Å². The molecule has 0 saturated carbocycles. The highest BCUT2D eigenvalue weighted by Gasteiger charge is 2.18. The molecule has 0 fully saturated rings. The van der Waals surface area contributed by atoms with Crippen LogP contribution in [0.2, 0.25) is 0 Å². The van der Waals surface area contributed by atoms with Gasteiger partial charge in [0, 0.05) is 42.7 Å². The van der Waals surface area contributed by atoms with E-state index in [0.717, 1.165) is 5.69 Å². The Balaban J connectivity index is 2.35. The molecule has 18 heavy (non-hydrogen) atoms. The lowest BCUT2D eigenvalue weighted by Gasteiger charge is -2.21. The molecule has 0 saturated heterocycles. The van der Waals surface area contributed by atoms with Gasteiger partial charge in [-0.2, -0.15) is 0 Å². The molecule has 5 nitrogen and oxygen atoms in total. The fraction of sp³-hybridized carbons (Fsp3) is 0.154. The van der Waals surface area contributed by atoms with Gasteiger partial charge in [-0.25, -0.2) is 0 Å². The Morgan fingerprint density at radius 2 is 1.89 bits per heavy atom. The molecule has 2 aromatic rings. The molecule has 5 heteroatoms. The number of anilines is 2. The van der Waals surface area contributed by atoms with Crippen molar-refractivity contribution in [2.75, 3.05) is 17.2 Å². The third-order valence-electron chi connectivity index (χ3n) is 2.62. The van der Waals surface area contributed by atoms with Crippen molar-refractivity contribution in [1.29, 1.82) is 0 Å². The molecule has 0 aliphatic heterocycles. The molecule has 2 heterocycles. The Kier molecular flexibility index (Phi) is 3.52. The summed E-state index contributed by atoms with van der Waals surface area (Å²) in [6.07, 6.45) is 6.35. The number of amides is 1.